The molecule has 45 heavy (non-hydrogen) atoms. The van der Waals surface area contributed by atoms with Crippen LogP contribution in [0.1, 0.15) is 74.9 Å². The fourth-order valence-corrected chi connectivity index (χ4v) is 8.09. The summed E-state index contributed by atoms with van der Waals surface area (Å²) in [5.74, 6) is 0. The maximum Gasteiger partial charge on any atom is 0.252 e. The van der Waals surface area contributed by atoms with Crippen molar-refractivity contribution < 1.29 is 0 Å². The average molecular weight is 585 g/mol. The van der Waals surface area contributed by atoms with Crippen molar-refractivity contribution in [2.75, 3.05) is 9.80 Å². The van der Waals surface area contributed by atoms with Crippen molar-refractivity contribution in [3.8, 4) is 0 Å². The maximum atomic E-state index is 2.58. The van der Waals surface area contributed by atoms with Gasteiger partial charge in [0.2, 0.25) is 0 Å². The molecule has 0 N–H and O–H groups in total. The third-order valence-corrected chi connectivity index (χ3v) is 10.9. The third kappa shape index (κ3) is 3.95. The first kappa shape index (κ1) is 27.1. The Labute approximate surface area is 268 Å². The van der Waals surface area contributed by atoms with E-state index in [1.54, 1.807) is 0 Å². The molecule has 4 aliphatic rings. The Balaban J connectivity index is 1.33. The maximum absolute atomic E-state index is 2.58. The number of hydrogen-bond acceptors (Lipinski definition) is 2. The molecule has 0 spiro atoms. The van der Waals surface area contributed by atoms with Gasteiger partial charge in [-0.2, -0.15) is 0 Å². The summed E-state index contributed by atoms with van der Waals surface area (Å²) in [4.78, 5) is 5.12. The predicted molar refractivity (Wildman–Crippen MR) is 193 cm³/mol. The third-order valence-electron chi connectivity index (χ3n) is 10.9. The predicted octanol–water partition coefficient (Wildman–Crippen LogP) is 8.56. The molecule has 3 heteroatoms. The molecule has 2 aliphatic carbocycles. The number of benzene rings is 5. The summed E-state index contributed by atoms with van der Waals surface area (Å²) >= 11 is 0. The molecule has 0 bridgehead atoms. The molecule has 0 saturated heterocycles. The molecule has 222 valence electrons. The second-order valence-corrected chi connectivity index (χ2v) is 15.8. The standard InChI is InChI=1S/C42H41BN2/c1-41(2,3)30-15-19-32(20-16-30)44-36-21-17-31(42(4,5)6)25-35(36)43-34-23-28-12-13-29(28)24-39(34)45(38-9-7-8-37(44)40(38)43)33-18-14-26-10-11-27(26)22-33/h7-9,14-25H,10-13H2,1-6H3. The second kappa shape index (κ2) is 9.16. The van der Waals surface area contributed by atoms with Crippen molar-refractivity contribution in [1.82, 2.24) is 0 Å². The normalized spacial score (nSPS) is 15.7. The van der Waals surface area contributed by atoms with E-state index in [2.05, 4.69) is 142 Å². The molecule has 2 aliphatic heterocycles. The SMILES string of the molecule is CC(C)(C)c1ccc(N2c3ccc(C(C)(C)C)cc3B3c4cc5c(cc4N(c4ccc6c(c4)CC6)c4cccc2c43)CC5)cc1. The lowest BCUT2D eigenvalue weighted by atomic mass is 9.33. The molecule has 5 aromatic carbocycles. The van der Waals surface area contributed by atoms with Gasteiger partial charge in [0.1, 0.15) is 0 Å². The quantitative estimate of drug-likeness (QED) is 0.188. The number of hydrogen-bond donors (Lipinski definition) is 0. The van der Waals surface area contributed by atoms with Gasteiger partial charge < -0.3 is 9.80 Å². The van der Waals surface area contributed by atoms with Crippen LogP contribution < -0.4 is 26.2 Å². The second-order valence-electron chi connectivity index (χ2n) is 15.8. The van der Waals surface area contributed by atoms with Crippen LogP contribution in [-0.2, 0) is 36.5 Å². The first-order chi connectivity index (χ1) is 21.6. The Morgan fingerprint density at radius 3 is 1.64 bits per heavy atom. The summed E-state index contributed by atoms with van der Waals surface area (Å²) in [6, 6.07) is 35.9. The Hall–Kier alpha value is -4.24. The molecule has 0 fully saturated rings. The van der Waals surface area contributed by atoms with Gasteiger partial charge in [-0.1, -0.05) is 84.0 Å². The topological polar surface area (TPSA) is 6.48 Å². The highest BCUT2D eigenvalue weighted by Gasteiger charge is 2.44. The van der Waals surface area contributed by atoms with Gasteiger partial charge >= 0.3 is 0 Å². The van der Waals surface area contributed by atoms with Crippen molar-refractivity contribution in [3.63, 3.8) is 0 Å². The average Bonchev–Trinajstić information content (AvgIpc) is 2.98. The summed E-state index contributed by atoms with van der Waals surface area (Å²) in [6.07, 6.45) is 4.76. The zero-order valence-electron chi connectivity index (χ0n) is 27.5. The summed E-state index contributed by atoms with van der Waals surface area (Å²) in [5, 5.41) is 0. The summed E-state index contributed by atoms with van der Waals surface area (Å²) < 4.78 is 0. The minimum Gasteiger partial charge on any atom is -0.311 e. The molecule has 9 rings (SSSR count). The van der Waals surface area contributed by atoms with Gasteiger partial charge in [-0.15, -0.1) is 0 Å². The number of anilines is 6. The van der Waals surface area contributed by atoms with Gasteiger partial charge in [-0.3, -0.25) is 0 Å². The molecular weight excluding hydrogens is 543 g/mol. The molecule has 0 aromatic heterocycles. The molecule has 2 nitrogen and oxygen atoms in total. The lowest BCUT2D eigenvalue weighted by Gasteiger charge is -2.45. The van der Waals surface area contributed by atoms with E-state index in [1.807, 2.05) is 0 Å². The molecule has 0 atom stereocenters. The van der Waals surface area contributed by atoms with E-state index in [9.17, 15) is 0 Å². The molecule has 0 amide bonds. The van der Waals surface area contributed by atoms with Crippen LogP contribution in [0.3, 0.4) is 0 Å². The van der Waals surface area contributed by atoms with Gasteiger partial charge in [-0.05, 0) is 135 Å². The van der Waals surface area contributed by atoms with E-state index in [-0.39, 0.29) is 17.5 Å². The fourth-order valence-electron chi connectivity index (χ4n) is 8.09. The zero-order chi connectivity index (χ0) is 30.8. The Bertz CT molecular complexity index is 2040. The molecule has 0 unspecified atom stereocenters. The number of rotatable bonds is 2. The molecule has 0 saturated carbocycles. The highest BCUT2D eigenvalue weighted by atomic mass is 15.2. The van der Waals surface area contributed by atoms with Crippen LogP contribution in [0, 0.1) is 0 Å². The van der Waals surface area contributed by atoms with Crippen LogP contribution in [0.2, 0.25) is 0 Å². The van der Waals surface area contributed by atoms with Crippen molar-refractivity contribution in [1.29, 1.82) is 0 Å². The molecular formula is C42H41BN2. The van der Waals surface area contributed by atoms with Crippen molar-refractivity contribution >= 4 is 57.2 Å². The largest absolute Gasteiger partial charge is 0.311 e. The molecule has 5 aromatic rings. The van der Waals surface area contributed by atoms with Crippen LogP contribution in [0.15, 0.2) is 91.0 Å². The van der Waals surface area contributed by atoms with Crippen LogP contribution in [-0.4, -0.2) is 6.71 Å². The van der Waals surface area contributed by atoms with Crippen molar-refractivity contribution in [3.05, 3.63) is 124 Å². The molecule has 2 heterocycles. The number of fused-ring (bicyclic) bond motifs is 6. The summed E-state index contributed by atoms with van der Waals surface area (Å²) in [7, 11) is 0. The van der Waals surface area contributed by atoms with E-state index in [0.29, 0.717) is 0 Å². The van der Waals surface area contributed by atoms with Gasteiger partial charge in [0.25, 0.3) is 6.71 Å². The van der Waals surface area contributed by atoms with Crippen LogP contribution >= 0.6 is 0 Å². The smallest absolute Gasteiger partial charge is 0.252 e. The highest BCUT2D eigenvalue weighted by molar-refractivity contribution is 7.00. The Morgan fingerprint density at radius 2 is 1.02 bits per heavy atom. The number of nitrogens with zero attached hydrogens (tertiary/aromatic N) is 2. The van der Waals surface area contributed by atoms with Crippen molar-refractivity contribution in [2.24, 2.45) is 0 Å². The minimum atomic E-state index is 0.0594. The van der Waals surface area contributed by atoms with E-state index in [1.165, 1.54) is 110 Å². The minimum absolute atomic E-state index is 0.0594. The fraction of sp³-hybridized carbons (Fsp3) is 0.286. The molecule has 0 radical (unpaired) electrons. The van der Waals surface area contributed by atoms with Crippen LogP contribution in [0.5, 0.6) is 0 Å². The van der Waals surface area contributed by atoms with Crippen molar-refractivity contribution in [2.45, 2.75) is 78.1 Å². The van der Waals surface area contributed by atoms with E-state index in [0.717, 1.165) is 0 Å². The summed E-state index contributed by atoms with van der Waals surface area (Å²) in [6.45, 7) is 14.1. The first-order valence-electron chi connectivity index (χ1n) is 16.8. The van der Waals surface area contributed by atoms with E-state index in [4.69, 9.17) is 0 Å². The lowest BCUT2D eigenvalue weighted by molar-refractivity contribution is 0.590. The summed E-state index contributed by atoms with van der Waals surface area (Å²) in [5.41, 5.74) is 21.0. The van der Waals surface area contributed by atoms with Gasteiger partial charge in [0, 0.05) is 34.1 Å². The van der Waals surface area contributed by atoms with Gasteiger partial charge in [0.05, 0.1) is 0 Å². The van der Waals surface area contributed by atoms with E-state index < -0.39 is 0 Å². The monoisotopic (exact) mass is 584 g/mol. The van der Waals surface area contributed by atoms with Crippen LogP contribution in [0.25, 0.3) is 0 Å². The van der Waals surface area contributed by atoms with Gasteiger partial charge in [0.15, 0.2) is 0 Å². The zero-order valence-corrected chi connectivity index (χ0v) is 27.5. The Kier molecular flexibility index (Phi) is 5.52. The number of aryl methyl sites for hydroxylation is 4. The first-order valence-corrected chi connectivity index (χ1v) is 16.8. The van der Waals surface area contributed by atoms with Crippen LogP contribution in [0.4, 0.5) is 34.1 Å². The Morgan fingerprint density at radius 1 is 0.467 bits per heavy atom. The highest BCUT2D eigenvalue weighted by Crippen LogP contribution is 2.46. The van der Waals surface area contributed by atoms with E-state index >= 15 is 0 Å². The lowest BCUT2D eigenvalue weighted by Crippen LogP contribution is -2.61. The van der Waals surface area contributed by atoms with Gasteiger partial charge in [-0.25, -0.2) is 0 Å².